The minimum atomic E-state index is -0.483. The molecule has 104 valence electrons. The smallest absolute Gasteiger partial charge is 0.330 e. The number of amides is 1. The maximum Gasteiger partial charge on any atom is 0.330 e. The zero-order chi connectivity index (χ0) is 14.8. The van der Waals surface area contributed by atoms with Crippen LogP contribution >= 0.6 is 0 Å². The van der Waals surface area contributed by atoms with Gasteiger partial charge in [0.2, 0.25) is 0 Å². The van der Waals surface area contributed by atoms with Crippen LogP contribution in [0.3, 0.4) is 0 Å². The Labute approximate surface area is 116 Å². The number of carbonyl (C=O) groups is 2. The molecule has 0 aliphatic carbocycles. The Hall–Kier alpha value is -2.81. The number of benzene rings is 1. The molecule has 0 saturated heterocycles. The van der Waals surface area contributed by atoms with Crippen LogP contribution in [-0.2, 0) is 14.3 Å². The van der Waals surface area contributed by atoms with Crippen molar-refractivity contribution in [3.8, 4) is 11.8 Å². The lowest BCUT2D eigenvalue weighted by Gasteiger charge is -2.06. The zero-order valence-electron chi connectivity index (χ0n) is 11.0. The van der Waals surface area contributed by atoms with Crippen LogP contribution in [0.1, 0.15) is 5.56 Å². The van der Waals surface area contributed by atoms with Crippen molar-refractivity contribution in [2.75, 3.05) is 20.3 Å². The van der Waals surface area contributed by atoms with Crippen molar-refractivity contribution < 1.29 is 19.1 Å². The van der Waals surface area contributed by atoms with E-state index in [2.05, 4.69) is 10.1 Å². The zero-order valence-corrected chi connectivity index (χ0v) is 11.0. The van der Waals surface area contributed by atoms with E-state index in [0.717, 1.165) is 0 Å². The van der Waals surface area contributed by atoms with Crippen LogP contribution in [0.2, 0.25) is 0 Å². The lowest BCUT2D eigenvalue weighted by molar-refractivity contribution is -0.134. The molecule has 0 aromatic heterocycles. The molecule has 1 amide bonds. The second kappa shape index (κ2) is 8.32. The Morgan fingerprint density at radius 3 is 2.95 bits per heavy atom. The van der Waals surface area contributed by atoms with Gasteiger partial charge in [0.25, 0.3) is 5.91 Å². The summed E-state index contributed by atoms with van der Waals surface area (Å²) >= 11 is 0. The van der Waals surface area contributed by atoms with Crippen LogP contribution in [0, 0.1) is 11.3 Å². The Morgan fingerprint density at radius 1 is 1.45 bits per heavy atom. The summed E-state index contributed by atoms with van der Waals surface area (Å²) in [6.45, 7) is 0.0382. The highest BCUT2D eigenvalue weighted by atomic mass is 16.5. The number of rotatable bonds is 6. The molecule has 1 rings (SSSR count). The fourth-order valence-electron chi connectivity index (χ4n) is 1.25. The minimum Gasteiger partial charge on any atom is -0.484 e. The second-order valence-electron chi connectivity index (χ2n) is 3.66. The van der Waals surface area contributed by atoms with E-state index in [-0.39, 0.29) is 19.1 Å². The SMILES string of the molecule is COC(=O)/C=C/CNC(=O)COc1cccc(C#N)c1. The molecule has 1 N–H and O–H groups in total. The van der Waals surface area contributed by atoms with Crippen molar-refractivity contribution in [3.05, 3.63) is 42.0 Å². The summed E-state index contributed by atoms with van der Waals surface area (Å²) in [4.78, 5) is 22.2. The van der Waals surface area contributed by atoms with Crippen LogP contribution in [0.4, 0.5) is 0 Å². The summed E-state index contributed by atoms with van der Waals surface area (Å²) in [5.74, 6) is -0.366. The van der Waals surface area contributed by atoms with Gasteiger partial charge in [0.15, 0.2) is 6.61 Å². The van der Waals surface area contributed by atoms with Crippen LogP contribution in [0.25, 0.3) is 0 Å². The number of nitriles is 1. The van der Waals surface area contributed by atoms with Gasteiger partial charge in [-0.15, -0.1) is 0 Å². The number of nitrogens with one attached hydrogen (secondary N) is 1. The number of carbonyl (C=O) groups excluding carboxylic acids is 2. The molecule has 20 heavy (non-hydrogen) atoms. The number of esters is 1. The molecular formula is C14H14N2O4. The van der Waals surface area contributed by atoms with Crippen LogP contribution in [-0.4, -0.2) is 32.1 Å². The lowest BCUT2D eigenvalue weighted by Crippen LogP contribution is -2.29. The molecule has 0 aliphatic rings. The maximum atomic E-state index is 11.4. The molecule has 0 saturated carbocycles. The topological polar surface area (TPSA) is 88.4 Å². The number of methoxy groups -OCH3 is 1. The predicted molar refractivity (Wildman–Crippen MR) is 70.8 cm³/mol. The molecule has 0 heterocycles. The van der Waals surface area contributed by atoms with Gasteiger partial charge in [0.05, 0.1) is 18.7 Å². The van der Waals surface area contributed by atoms with Gasteiger partial charge in [-0.05, 0) is 18.2 Å². The van der Waals surface area contributed by atoms with Crippen molar-refractivity contribution in [2.24, 2.45) is 0 Å². The van der Waals surface area contributed by atoms with Crippen LogP contribution in [0.5, 0.6) is 5.75 Å². The number of hydrogen-bond acceptors (Lipinski definition) is 5. The molecule has 0 aliphatic heterocycles. The molecule has 0 unspecified atom stereocenters. The fourth-order valence-corrected chi connectivity index (χ4v) is 1.25. The number of nitrogens with zero attached hydrogens (tertiary/aromatic N) is 1. The largest absolute Gasteiger partial charge is 0.484 e. The summed E-state index contributed by atoms with van der Waals surface area (Å²) in [6.07, 6.45) is 2.69. The Balaban J connectivity index is 2.31. The monoisotopic (exact) mass is 274 g/mol. The maximum absolute atomic E-state index is 11.4. The van der Waals surface area contributed by atoms with E-state index < -0.39 is 5.97 Å². The van der Waals surface area contributed by atoms with Gasteiger partial charge in [0, 0.05) is 12.6 Å². The van der Waals surface area contributed by atoms with E-state index in [1.807, 2.05) is 6.07 Å². The standard InChI is InChI=1S/C14H14N2O4/c1-19-14(18)6-3-7-16-13(17)10-20-12-5-2-4-11(8-12)9-15/h2-6,8H,7,10H2,1H3,(H,16,17)/b6-3+. The highest BCUT2D eigenvalue weighted by molar-refractivity contribution is 5.82. The van der Waals surface area contributed by atoms with Gasteiger partial charge in [-0.1, -0.05) is 12.1 Å². The molecular weight excluding hydrogens is 260 g/mol. The van der Waals surface area contributed by atoms with Gasteiger partial charge in [0.1, 0.15) is 5.75 Å². The third-order valence-corrected chi connectivity index (χ3v) is 2.21. The van der Waals surface area contributed by atoms with Gasteiger partial charge >= 0.3 is 5.97 Å². The van der Waals surface area contributed by atoms with Crippen molar-refractivity contribution in [3.63, 3.8) is 0 Å². The van der Waals surface area contributed by atoms with Crippen molar-refractivity contribution in [1.82, 2.24) is 5.32 Å². The molecule has 1 aromatic carbocycles. The van der Waals surface area contributed by atoms with E-state index in [1.54, 1.807) is 24.3 Å². The molecule has 0 radical (unpaired) electrons. The summed E-state index contributed by atoms with van der Waals surface area (Å²) in [6, 6.07) is 8.50. The summed E-state index contributed by atoms with van der Waals surface area (Å²) < 4.78 is 9.63. The van der Waals surface area contributed by atoms with E-state index in [0.29, 0.717) is 11.3 Å². The molecule has 1 aromatic rings. The highest BCUT2D eigenvalue weighted by Crippen LogP contribution is 2.11. The Bertz CT molecular complexity index is 546. The second-order valence-corrected chi connectivity index (χ2v) is 3.66. The number of ether oxygens (including phenoxy) is 2. The first kappa shape index (κ1) is 15.2. The third kappa shape index (κ3) is 5.69. The van der Waals surface area contributed by atoms with Crippen LogP contribution in [0.15, 0.2) is 36.4 Å². The summed E-state index contributed by atoms with van der Waals surface area (Å²) in [7, 11) is 1.27. The number of hydrogen-bond donors (Lipinski definition) is 1. The summed E-state index contributed by atoms with van der Waals surface area (Å²) in [5.41, 5.74) is 0.462. The molecule has 6 nitrogen and oxygen atoms in total. The van der Waals surface area contributed by atoms with Gasteiger partial charge in [-0.2, -0.15) is 5.26 Å². The quantitative estimate of drug-likeness (QED) is 0.611. The molecule has 0 spiro atoms. The predicted octanol–water partition coefficient (Wildman–Crippen LogP) is 0.782. The average Bonchev–Trinajstić information content (AvgIpc) is 2.49. The minimum absolute atomic E-state index is 0.166. The van der Waals surface area contributed by atoms with Gasteiger partial charge < -0.3 is 14.8 Å². The first-order valence-corrected chi connectivity index (χ1v) is 5.80. The van der Waals surface area contributed by atoms with Crippen LogP contribution < -0.4 is 10.1 Å². The molecule has 0 bridgehead atoms. The van der Waals surface area contributed by atoms with Crippen molar-refractivity contribution in [2.45, 2.75) is 0 Å². The van der Waals surface area contributed by atoms with Gasteiger partial charge in [-0.3, -0.25) is 4.79 Å². The fraction of sp³-hybridized carbons (Fsp3) is 0.214. The first-order chi connectivity index (χ1) is 9.65. The Kier molecular flexibility index (Phi) is 6.34. The normalized spacial score (nSPS) is 9.80. The summed E-state index contributed by atoms with van der Waals surface area (Å²) in [5, 5.41) is 11.3. The van der Waals surface area contributed by atoms with E-state index in [9.17, 15) is 9.59 Å². The van der Waals surface area contributed by atoms with Gasteiger partial charge in [-0.25, -0.2) is 4.79 Å². The highest BCUT2D eigenvalue weighted by Gasteiger charge is 2.02. The van der Waals surface area contributed by atoms with Crippen molar-refractivity contribution >= 4 is 11.9 Å². The third-order valence-electron chi connectivity index (χ3n) is 2.21. The van der Waals surface area contributed by atoms with E-state index >= 15 is 0 Å². The van der Waals surface area contributed by atoms with E-state index in [1.165, 1.54) is 19.3 Å². The van der Waals surface area contributed by atoms with Crippen molar-refractivity contribution in [1.29, 1.82) is 5.26 Å². The Morgan fingerprint density at radius 2 is 2.25 bits per heavy atom. The lowest BCUT2D eigenvalue weighted by atomic mass is 10.2. The average molecular weight is 274 g/mol. The molecule has 0 atom stereocenters. The molecule has 0 fully saturated rings. The van der Waals surface area contributed by atoms with E-state index in [4.69, 9.17) is 10.00 Å². The molecule has 6 heteroatoms. The first-order valence-electron chi connectivity index (χ1n) is 5.80.